The van der Waals surface area contributed by atoms with Crippen molar-refractivity contribution >= 4 is 5.91 Å². The van der Waals surface area contributed by atoms with E-state index in [0.29, 0.717) is 6.42 Å². The fourth-order valence-electron chi connectivity index (χ4n) is 3.26. The molecule has 1 N–H and O–H groups in total. The maximum Gasteiger partial charge on any atom is 0.220 e. The van der Waals surface area contributed by atoms with Crippen molar-refractivity contribution in [2.45, 2.75) is 51.2 Å². The minimum absolute atomic E-state index is 0.144. The van der Waals surface area contributed by atoms with Crippen molar-refractivity contribution in [3.8, 4) is 0 Å². The summed E-state index contributed by atoms with van der Waals surface area (Å²) < 4.78 is 1.76. The molecule has 1 saturated heterocycles. The van der Waals surface area contributed by atoms with Gasteiger partial charge in [0, 0.05) is 44.5 Å². The number of hydrogen-bond acceptors (Lipinski definition) is 5. The van der Waals surface area contributed by atoms with Crippen LogP contribution in [0.15, 0.2) is 37.2 Å². The molecule has 3 heterocycles. The number of pyridine rings is 1. The lowest BCUT2D eigenvalue weighted by molar-refractivity contribution is -0.122. The lowest BCUT2D eigenvalue weighted by Gasteiger charge is -2.20. The highest BCUT2D eigenvalue weighted by Crippen LogP contribution is 2.14. The van der Waals surface area contributed by atoms with E-state index in [4.69, 9.17) is 0 Å². The molecule has 0 spiro atoms. The fraction of sp³-hybridized carbons (Fsp3) is 0.556. The lowest BCUT2D eigenvalue weighted by Crippen LogP contribution is -2.35. The molecule has 1 aliphatic rings. The van der Waals surface area contributed by atoms with Gasteiger partial charge in [-0.05, 0) is 43.9 Å². The first kappa shape index (κ1) is 17.5. The first-order valence-electron chi connectivity index (χ1n) is 9.02. The average Bonchev–Trinajstić information content (AvgIpc) is 3.04. The van der Waals surface area contributed by atoms with Gasteiger partial charge >= 0.3 is 0 Å². The van der Waals surface area contributed by atoms with Crippen LogP contribution in [0.4, 0.5) is 0 Å². The molecule has 0 aliphatic carbocycles. The van der Waals surface area contributed by atoms with E-state index in [1.54, 1.807) is 17.2 Å². The summed E-state index contributed by atoms with van der Waals surface area (Å²) in [5.41, 5.74) is 1.25. The highest BCUT2D eigenvalue weighted by molar-refractivity contribution is 5.76. The van der Waals surface area contributed by atoms with Crippen LogP contribution in [0.3, 0.4) is 0 Å². The monoisotopic (exact) mass is 342 g/mol. The zero-order valence-electron chi connectivity index (χ0n) is 14.5. The molecule has 0 aromatic carbocycles. The Morgan fingerprint density at radius 1 is 1.28 bits per heavy atom. The second-order valence-corrected chi connectivity index (χ2v) is 6.59. The number of hydrogen-bond donors (Lipinski definition) is 1. The Morgan fingerprint density at radius 2 is 2.24 bits per heavy atom. The third kappa shape index (κ3) is 5.94. The van der Waals surface area contributed by atoms with E-state index in [2.05, 4.69) is 31.3 Å². The molecule has 7 nitrogen and oxygen atoms in total. The summed E-state index contributed by atoms with van der Waals surface area (Å²) in [6, 6.07) is 4.39. The summed E-state index contributed by atoms with van der Waals surface area (Å²) in [5.74, 6) is 0.144. The summed E-state index contributed by atoms with van der Waals surface area (Å²) in [6.07, 6.45) is 11.4. The van der Waals surface area contributed by atoms with Crippen molar-refractivity contribution in [1.29, 1.82) is 0 Å². The maximum atomic E-state index is 12.1. The largest absolute Gasteiger partial charge is 0.353 e. The lowest BCUT2D eigenvalue weighted by atomic mass is 10.1. The van der Waals surface area contributed by atoms with E-state index in [1.807, 2.05) is 12.3 Å². The summed E-state index contributed by atoms with van der Waals surface area (Å²) in [7, 11) is 0. The standard InChI is InChI=1S/C18H26N6O/c25-18(6-3-10-24-15-20-14-21-24)22-17-5-2-9-23(11-7-17)13-16-4-1-8-19-12-16/h1,4,8,12,14-15,17H,2-3,5-7,9-11,13H2,(H,22,25)/t17-/m1/s1. The van der Waals surface area contributed by atoms with Crippen LogP contribution < -0.4 is 5.32 Å². The van der Waals surface area contributed by atoms with Gasteiger partial charge in [-0.3, -0.25) is 19.4 Å². The first-order chi connectivity index (χ1) is 12.3. The summed E-state index contributed by atoms with van der Waals surface area (Å²) in [4.78, 5) is 22.7. The topological polar surface area (TPSA) is 75.9 Å². The third-order valence-corrected chi connectivity index (χ3v) is 4.57. The van der Waals surface area contributed by atoms with Gasteiger partial charge in [-0.25, -0.2) is 4.98 Å². The second kappa shape index (κ2) is 9.27. The van der Waals surface area contributed by atoms with Gasteiger partial charge in [-0.2, -0.15) is 5.10 Å². The number of nitrogens with one attached hydrogen (secondary N) is 1. The number of amides is 1. The molecule has 1 amide bonds. The minimum Gasteiger partial charge on any atom is -0.353 e. The number of carbonyl (C=O) groups is 1. The summed E-state index contributed by atoms with van der Waals surface area (Å²) in [5, 5.41) is 7.25. The Bertz CT molecular complexity index is 630. The third-order valence-electron chi connectivity index (χ3n) is 4.57. The molecule has 0 bridgehead atoms. The van der Waals surface area contributed by atoms with Crippen LogP contribution in [0.1, 0.15) is 37.7 Å². The van der Waals surface area contributed by atoms with Gasteiger partial charge in [0.25, 0.3) is 0 Å². The van der Waals surface area contributed by atoms with E-state index in [1.165, 1.54) is 11.9 Å². The van der Waals surface area contributed by atoms with Gasteiger partial charge in [0.15, 0.2) is 0 Å². The van der Waals surface area contributed by atoms with E-state index < -0.39 is 0 Å². The number of likely N-dealkylation sites (tertiary alicyclic amines) is 1. The highest BCUT2D eigenvalue weighted by atomic mass is 16.1. The van der Waals surface area contributed by atoms with Gasteiger partial charge in [0.2, 0.25) is 5.91 Å². The zero-order chi connectivity index (χ0) is 17.3. The molecule has 1 atom stereocenters. The van der Waals surface area contributed by atoms with Crippen LogP contribution in [0, 0.1) is 0 Å². The van der Waals surface area contributed by atoms with Crippen molar-refractivity contribution in [1.82, 2.24) is 30.0 Å². The summed E-state index contributed by atoms with van der Waals surface area (Å²) in [6.45, 7) is 3.76. The molecule has 1 fully saturated rings. The molecule has 0 saturated carbocycles. The van der Waals surface area contributed by atoms with Crippen molar-refractivity contribution in [3.63, 3.8) is 0 Å². The highest BCUT2D eigenvalue weighted by Gasteiger charge is 2.18. The van der Waals surface area contributed by atoms with Gasteiger partial charge in [0.05, 0.1) is 0 Å². The van der Waals surface area contributed by atoms with Gasteiger partial charge < -0.3 is 5.32 Å². The average molecular weight is 342 g/mol. The smallest absolute Gasteiger partial charge is 0.220 e. The molecule has 2 aromatic rings. The Labute approximate surface area is 148 Å². The zero-order valence-corrected chi connectivity index (χ0v) is 14.5. The predicted octanol–water partition coefficient (Wildman–Crippen LogP) is 1.62. The molecule has 1 aliphatic heterocycles. The van der Waals surface area contributed by atoms with E-state index in [-0.39, 0.29) is 11.9 Å². The molecule has 25 heavy (non-hydrogen) atoms. The van der Waals surface area contributed by atoms with Gasteiger partial charge in [-0.15, -0.1) is 0 Å². The maximum absolute atomic E-state index is 12.1. The molecular formula is C18H26N6O. The van der Waals surface area contributed by atoms with Crippen molar-refractivity contribution in [2.24, 2.45) is 0 Å². The number of nitrogens with zero attached hydrogens (tertiary/aromatic N) is 5. The quantitative estimate of drug-likeness (QED) is 0.827. The predicted molar refractivity (Wildman–Crippen MR) is 94.6 cm³/mol. The van der Waals surface area contributed by atoms with Gasteiger partial charge in [-0.1, -0.05) is 6.07 Å². The normalized spacial score (nSPS) is 18.6. The SMILES string of the molecule is O=C(CCCn1cncn1)N[C@@H]1CCCN(Cc2cccnc2)CC1. The Kier molecular flexibility index (Phi) is 6.50. The van der Waals surface area contributed by atoms with Crippen LogP contribution in [0.25, 0.3) is 0 Å². The number of aromatic nitrogens is 4. The number of carbonyl (C=O) groups excluding carboxylic acids is 1. The van der Waals surface area contributed by atoms with Crippen molar-refractivity contribution < 1.29 is 4.79 Å². The Hall–Kier alpha value is -2.28. The van der Waals surface area contributed by atoms with Gasteiger partial charge in [0.1, 0.15) is 12.7 Å². The van der Waals surface area contributed by atoms with Crippen LogP contribution in [0.5, 0.6) is 0 Å². The molecule has 0 radical (unpaired) electrons. The molecule has 2 aromatic heterocycles. The van der Waals surface area contributed by atoms with Crippen LogP contribution in [0.2, 0.25) is 0 Å². The van der Waals surface area contributed by atoms with Crippen molar-refractivity contribution in [3.05, 3.63) is 42.7 Å². The molecular weight excluding hydrogens is 316 g/mol. The van der Waals surface area contributed by atoms with E-state index in [9.17, 15) is 4.79 Å². The van der Waals surface area contributed by atoms with E-state index in [0.717, 1.165) is 51.9 Å². The van der Waals surface area contributed by atoms with Crippen LogP contribution in [-0.2, 0) is 17.9 Å². The molecule has 3 rings (SSSR count). The number of aryl methyl sites for hydroxylation is 1. The molecule has 0 unspecified atom stereocenters. The fourth-order valence-corrected chi connectivity index (χ4v) is 3.26. The van der Waals surface area contributed by atoms with E-state index >= 15 is 0 Å². The summed E-state index contributed by atoms with van der Waals surface area (Å²) >= 11 is 0. The number of rotatable bonds is 7. The molecule has 134 valence electrons. The van der Waals surface area contributed by atoms with Crippen molar-refractivity contribution in [2.75, 3.05) is 13.1 Å². The van der Waals surface area contributed by atoms with Crippen LogP contribution in [-0.4, -0.2) is 49.7 Å². The molecule has 7 heteroatoms. The Balaban J connectivity index is 1.36. The minimum atomic E-state index is 0.144. The van der Waals surface area contributed by atoms with Crippen LogP contribution >= 0.6 is 0 Å². The first-order valence-corrected chi connectivity index (χ1v) is 9.02. The Morgan fingerprint density at radius 3 is 3.04 bits per heavy atom. The second-order valence-electron chi connectivity index (χ2n) is 6.59.